The zero-order valence-electron chi connectivity index (χ0n) is 18.1. The number of nitrogens with zero attached hydrogens (tertiary/aromatic N) is 4. The van der Waals surface area contributed by atoms with Crippen LogP contribution in [0.3, 0.4) is 0 Å². The number of pyridine rings is 3. The number of carbonyl (C=O) groups is 1. The largest absolute Gasteiger partial charge is 0.309 e. The fraction of sp³-hybridized carbons (Fsp3) is 0.154. The van der Waals surface area contributed by atoms with Gasteiger partial charge >= 0.3 is 0 Å². The van der Waals surface area contributed by atoms with E-state index in [4.69, 9.17) is 0 Å². The monoisotopic (exact) mass is 424 g/mol. The van der Waals surface area contributed by atoms with Crippen LogP contribution in [0.4, 0.5) is 0 Å². The van der Waals surface area contributed by atoms with Gasteiger partial charge in [-0.05, 0) is 29.1 Å². The van der Waals surface area contributed by atoms with Gasteiger partial charge in [0.25, 0.3) is 5.56 Å². The molecular formula is C26H24N4O2. The van der Waals surface area contributed by atoms with Crippen molar-refractivity contribution in [3.05, 3.63) is 101 Å². The molecule has 1 aromatic carbocycles. The smallest absolute Gasteiger partial charge is 0.260 e. The summed E-state index contributed by atoms with van der Waals surface area (Å²) in [6, 6.07) is 15.4. The number of carbonyl (C=O) groups excluding carboxylic acids is 1. The minimum absolute atomic E-state index is 0.113. The molecule has 5 aromatic rings. The van der Waals surface area contributed by atoms with Crippen LogP contribution < -0.4 is 5.56 Å². The molecule has 0 aliphatic heterocycles. The second-order valence-electron chi connectivity index (χ2n) is 7.55. The third kappa shape index (κ3) is 4.21. The summed E-state index contributed by atoms with van der Waals surface area (Å²) in [5, 5.41) is 1.44. The van der Waals surface area contributed by atoms with Crippen molar-refractivity contribution in [1.82, 2.24) is 18.9 Å². The van der Waals surface area contributed by atoms with Gasteiger partial charge in [-0.2, -0.15) is 0 Å². The van der Waals surface area contributed by atoms with E-state index in [0.717, 1.165) is 34.1 Å². The molecule has 0 atom stereocenters. The number of fused-ring (bicyclic) bond motifs is 2. The normalized spacial score (nSPS) is 10.7. The van der Waals surface area contributed by atoms with Gasteiger partial charge in [0.15, 0.2) is 6.29 Å². The Bertz CT molecular complexity index is 1440. The third-order valence-corrected chi connectivity index (χ3v) is 4.98. The van der Waals surface area contributed by atoms with Crippen LogP contribution in [0.2, 0.25) is 0 Å². The first-order valence-electron chi connectivity index (χ1n) is 10.6. The fourth-order valence-corrected chi connectivity index (χ4v) is 3.56. The summed E-state index contributed by atoms with van der Waals surface area (Å²) in [7, 11) is 0. The van der Waals surface area contributed by atoms with Crippen LogP contribution in [0.1, 0.15) is 36.3 Å². The molecule has 0 amide bonds. The summed E-state index contributed by atoms with van der Waals surface area (Å²) in [6.45, 7) is 4.59. The van der Waals surface area contributed by atoms with Crippen LogP contribution in [0.15, 0.2) is 84.3 Å². The highest BCUT2D eigenvalue weighted by atomic mass is 16.1. The van der Waals surface area contributed by atoms with Crippen molar-refractivity contribution in [3.63, 3.8) is 0 Å². The molecule has 0 fully saturated rings. The zero-order valence-corrected chi connectivity index (χ0v) is 18.1. The lowest BCUT2D eigenvalue weighted by Gasteiger charge is -2.09. The summed E-state index contributed by atoms with van der Waals surface area (Å²) in [4.78, 5) is 32.9. The number of hydrogen-bond acceptors (Lipinski definition) is 4. The SMILES string of the molecule is CCC.O=Cc1ccc2nc(Cn3ccc4c(-c5ccccc5)cncc4c3=O)cn2c1. The lowest BCUT2D eigenvalue weighted by Crippen LogP contribution is -2.20. The molecule has 0 saturated heterocycles. The van der Waals surface area contributed by atoms with E-state index in [1.54, 1.807) is 45.9 Å². The van der Waals surface area contributed by atoms with Gasteiger partial charge in [0, 0.05) is 42.1 Å². The second kappa shape index (κ2) is 9.39. The lowest BCUT2D eigenvalue weighted by atomic mass is 10.0. The highest BCUT2D eigenvalue weighted by Gasteiger charge is 2.10. The predicted molar refractivity (Wildman–Crippen MR) is 127 cm³/mol. The number of rotatable bonds is 4. The minimum atomic E-state index is -0.113. The van der Waals surface area contributed by atoms with Crippen LogP contribution in [0.5, 0.6) is 0 Å². The first-order chi connectivity index (χ1) is 15.6. The number of aromatic nitrogens is 4. The molecule has 0 saturated carbocycles. The van der Waals surface area contributed by atoms with Crippen molar-refractivity contribution in [1.29, 1.82) is 0 Å². The van der Waals surface area contributed by atoms with Gasteiger partial charge in [0.2, 0.25) is 0 Å². The molecule has 0 radical (unpaired) electrons. The highest BCUT2D eigenvalue weighted by Crippen LogP contribution is 2.25. The number of aldehydes is 1. The second-order valence-corrected chi connectivity index (χ2v) is 7.55. The number of benzene rings is 1. The van der Waals surface area contributed by atoms with E-state index >= 15 is 0 Å². The number of imidazole rings is 1. The van der Waals surface area contributed by atoms with E-state index in [0.29, 0.717) is 17.5 Å². The first kappa shape index (κ1) is 21.2. The predicted octanol–water partition coefficient (Wildman–Crippen LogP) is 4.99. The van der Waals surface area contributed by atoms with E-state index in [9.17, 15) is 9.59 Å². The van der Waals surface area contributed by atoms with Gasteiger partial charge in [-0.1, -0.05) is 50.6 Å². The molecule has 0 unspecified atom stereocenters. The number of hydrogen-bond donors (Lipinski definition) is 0. The van der Waals surface area contributed by atoms with E-state index < -0.39 is 0 Å². The summed E-state index contributed by atoms with van der Waals surface area (Å²) in [5.41, 5.74) is 3.88. The minimum Gasteiger partial charge on any atom is -0.309 e. The Kier molecular flexibility index (Phi) is 6.22. The fourth-order valence-electron chi connectivity index (χ4n) is 3.56. The van der Waals surface area contributed by atoms with E-state index in [-0.39, 0.29) is 5.56 Å². The van der Waals surface area contributed by atoms with Crippen LogP contribution in [0, 0.1) is 0 Å². The maximum absolute atomic E-state index is 13.1. The van der Waals surface area contributed by atoms with Crippen LogP contribution >= 0.6 is 0 Å². The summed E-state index contributed by atoms with van der Waals surface area (Å²) >= 11 is 0. The van der Waals surface area contributed by atoms with Gasteiger partial charge in [-0.25, -0.2) is 4.98 Å². The molecule has 0 aliphatic carbocycles. The quantitative estimate of drug-likeness (QED) is 0.381. The Labute approximate surface area is 185 Å². The highest BCUT2D eigenvalue weighted by molar-refractivity contribution is 5.95. The standard InChI is InChI=1S/C23H16N4O2.C3H8/c28-15-16-6-7-22-25-18(14-27(22)12-16)13-26-9-8-19-20(17-4-2-1-3-5-17)10-24-11-21(19)23(26)29;1-3-2/h1-12,14-15H,13H2;3H2,1-2H3. The summed E-state index contributed by atoms with van der Waals surface area (Å²) < 4.78 is 3.42. The van der Waals surface area contributed by atoms with E-state index in [1.165, 1.54) is 6.42 Å². The topological polar surface area (TPSA) is 69.3 Å². The molecule has 0 spiro atoms. The third-order valence-electron chi connectivity index (χ3n) is 4.98. The van der Waals surface area contributed by atoms with E-state index in [1.807, 2.05) is 42.6 Å². The Hall–Kier alpha value is -4.06. The Balaban J connectivity index is 0.000000775. The van der Waals surface area contributed by atoms with Crippen molar-refractivity contribution in [3.8, 4) is 11.1 Å². The summed E-state index contributed by atoms with van der Waals surface area (Å²) in [5.74, 6) is 0. The van der Waals surface area contributed by atoms with Gasteiger partial charge < -0.3 is 8.97 Å². The Morgan fingerprint density at radius 1 is 0.938 bits per heavy atom. The van der Waals surface area contributed by atoms with Gasteiger partial charge in [0.05, 0.1) is 17.6 Å². The van der Waals surface area contributed by atoms with Crippen LogP contribution in [-0.4, -0.2) is 25.2 Å². The van der Waals surface area contributed by atoms with Crippen molar-refractivity contribution < 1.29 is 4.79 Å². The Morgan fingerprint density at radius 2 is 1.72 bits per heavy atom. The molecule has 6 nitrogen and oxygen atoms in total. The zero-order chi connectivity index (χ0) is 22.5. The lowest BCUT2D eigenvalue weighted by molar-refractivity contribution is 0.112. The van der Waals surface area contributed by atoms with Crippen LogP contribution in [-0.2, 0) is 6.54 Å². The average Bonchev–Trinajstić information content (AvgIpc) is 3.23. The maximum atomic E-state index is 13.1. The molecule has 0 aliphatic rings. The van der Waals surface area contributed by atoms with E-state index in [2.05, 4.69) is 23.8 Å². The molecule has 32 heavy (non-hydrogen) atoms. The molecule has 0 bridgehead atoms. The van der Waals surface area contributed by atoms with Gasteiger partial charge in [-0.3, -0.25) is 14.6 Å². The molecule has 4 aromatic heterocycles. The van der Waals surface area contributed by atoms with Gasteiger partial charge in [-0.15, -0.1) is 0 Å². The van der Waals surface area contributed by atoms with Crippen molar-refractivity contribution >= 4 is 22.7 Å². The van der Waals surface area contributed by atoms with Gasteiger partial charge in [0.1, 0.15) is 5.65 Å². The maximum Gasteiger partial charge on any atom is 0.260 e. The molecule has 6 heteroatoms. The molecule has 5 rings (SSSR count). The molecule has 4 heterocycles. The van der Waals surface area contributed by atoms with Crippen molar-refractivity contribution in [2.24, 2.45) is 0 Å². The molecule has 0 N–H and O–H groups in total. The van der Waals surface area contributed by atoms with Crippen molar-refractivity contribution in [2.45, 2.75) is 26.8 Å². The molecule has 160 valence electrons. The summed E-state index contributed by atoms with van der Waals surface area (Å²) in [6.07, 6.45) is 10.8. The Morgan fingerprint density at radius 3 is 2.47 bits per heavy atom. The molecular weight excluding hydrogens is 400 g/mol. The van der Waals surface area contributed by atoms with Crippen molar-refractivity contribution in [2.75, 3.05) is 0 Å². The van der Waals surface area contributed by atoms with Crippen LogP contribution in [0.25, 0.3) is 27.5 Å². The first-order valence-corrected chi connectivity index (χ1v) is 10.6. The average molecular weight is 425 g/mol.